The molecule has 166 valence electrons. The molecule has 2 heterocycles. The highest BCUT2D eigenvalue weighted by molar-refractivity contribution is 6.01. The van der Waals surface area contributed by atoms with E-state index in [0.29, 0.717) is 31.9 Å². The van der Waals surface area contributed by atoms with Gasteiger partial charge in [-0.1, -0.05) is 42.5 Å². The number of hydrogen-bond acceptors (Lipinski definition) is 6. The van der Waals surface area contributed by atoms with Crippen LogP contribution in [0.25, 0.3) is 0 Å². The summed E-state index contributed by atoms with van der Waals surface area (Å²) in [6, 6.07) is 15.4. The number of benzene rings is 2. The third-order valence-electron chi connectivity index (χ3n) is 5.56. The first-order valence-electron chi connectivity index (χ1n) is 10.6. The summed E-state index contributed by atoms with van der Waals surface area (Å²) in [7, 11) is 0. The standard InChI is InChI=1S/C24H24N2O6/c27-20-10-11-21(28)26(20)16-17-6-8-19(9-7-17)24(30)32-22(18-4-2-1-3-5-18)23(29)25-12-14-31-15-13-25/h1-9,22H,10-16H2/t22-/m0/s1. The summed E-state index contributed by atoms with van der Waals surface area (Å²) in [5.41, 5.74) is 1.61. The second-order valence-corrected chi connectivity index (χ2v) is 7.70. The van der Waals surface area contributed by atoms with Crippen molar-refractivity contribution in [3.63, 3.8) is 0 Å². The smallest absolute Gasteiger partial charge is 0.339 e. The molecule has 3 amide bonds. The maximum absolute atomic E-state index is 13.1. The van der Waals surface area contributed by atoms with Gasteiger partial charge in [-0.15, -0.1) is 0 Å². The zero-order valence-electron chi connectivity index (χ0n) is 17.6. The zero-order valence-corrected chi connectivity index (χ0v) is 17.6. The molecule has 2 fully saturated rings. The molecule has 32 heavy (non-hydrogen) atoms. The van der Waals surface area contributed by atoms with Gasteiger partial charge in [-0.3, -0.25) is 19.3 Å². The highest BCUT2D eigenvalue weighted by Gasteiger charge is 2.31. The molecule has 0 aromatic heterocycles. The fraction of sp³-hybridized carbons (Fsp3) is 0.333. The molecule has 1 atom stereocenters. The highest BCUT2D eigenvalue weighted by Crippen LogP contribution is 2.23. The minimum atomic E-state index is -1.05. The minimum absolute atomic E-state index is 0.176. The molecule has 0 unspecified atom stereocenters. The summed E-state index contributed by atoms with van der Waals surface area (Å²) in [5.74, 6) is -1.28. The second kappa shape index (κ2) is 9.74. The van der Waals surface area contributed by atoms with Gasteiger partial charge in [0, 0.05) is 31.5 Å². The Bertz CT molecular complexity index is 983. The topological polar surface area (TPSA) is 93.2 Å². The van der Waals surface area contributed by atoms with Crippen molar-refractivity contribution in [2.45, 2.75) is 25.5 Å². The molecule has 0 aliphatic carbocycles. The van der Waals surface area contributed by atoms with E-state index in [2.05, 4.69) is 0 Å². The van der Waals surface area contributed by atoms with Crippen LogP contribution in [-0.4, -0.2) is 59.8 Å². The van der Waals surface area contributed by atoms with Gasteiger partial charge in [0.15, 0.2) is 0 Å². The van der Waals surface area contributed by atoms with Crippen molar-refractivity contribution in [3.8, 4) is 0 Å². The van der Waals surface area contributed by atoms with Crippen molar-refractivity contribution < 1.29 is 28.7 Å². The predicted molar refractivity (Wildman–Crippen MR) is 113 cm³/mol. The van der Waals surface area contributed by atoms with Gasteiger partial charge < -0.3 is 14.4 Å². The van der Waals surface area contributed by atoms with Crippen LogP contribution in [0.15, 0.2) is 54.6 Å². The van der Waals surface area contributed by atoms with Gasteiger partial charge in [0.25, 0.3) is 5.91 Å². The van der Waals surface area contributed by atoms with Crippen LogP contribution in [0, 0.1) is 0 Å². The normalized spacial score (nSPS) is 17.4. The van der Waals surface area contributed by atoms with Crippen LogP contribution in [0.4, 0.5) is 0 Å². The quantitative estimate of drug-likeness (QED) is 0.509. The van der Waals surface area contributed by atoms with E-state index in [1.54, 1.807) is 53.4 Å². The molecule has 0 radical (unpaired) electrons. The number of imide groups is 1. The molecule has 2 aliphatic rings. The predicted octanol–water partition coefficient (Wildman–Crippen LogP) is 2.09. The molecule has 4 rings (SSSR count). The lowest BCUT2D eigenvalue weighted by Crippen LogP contribution is -2.44. The molecular formula is C24H24N2O6. The molecule has 2 aromatic carbocycles. The number of morpholine rings is 1. The van der Waals surface area contributed by atoms with E-state index in [1.807, 2.05) is 6.07 Å². The summed E-state index contributed by atoms with van der Waals surface area (Å²) >= 11 is 0. The SMILES string of the molecule is O=C(O[C@H](C(=O)N1CCOCC1)c1ccccc1)c1ccc(CN2C(=O)CCC2=O)cc1. The average Bonchev–Trinajstić information content (AvgIpc) is 3.15. The maximum Gasteiger partial charge on any atom is 0.339 e. The van der Waals surface area contributed by atoms with E-state index >= 15 is 0 Å². The van der Waals surface area contributed by atoms with E-state index in [4.69, 9.17) is 9.47 Å². The third kappa shape index (κ3) is 4.86. The fourth-order valence-corrected chi connectivity index (χ4v) is 3.74. The molecule has 8 heteroatoms. The lowest BCUT2D eigenvalue weighted by Gasteiger charge is -2.30. The van der Waals surface area contributed by atoms with Crippen LogP contribution in [0.2, 0.25) is 0 Å². The van der Waals surface area contributed by atoms with Gasteiger partial charge in [-0.2, -0.15) is 0 Å². The number of rotatable bonds is 6. The van der Waals surface area contributed by atoms with Crippen LogP contribution in [0.1, 0.15) is 40.4 Å². The monoisotopic (exact) mass is 436 g/mol. The molecule has 0 bridgehead atoms. The van der Waals surface area contributed by atoms with Gasteiger partial charge in [0.2, 0.25) is 17.9 Å². The Hall–Kier alpha value is -3.52. The Balaban J connectivity index is 1.47. The van der Waals surface area contributed by atoms with Crippen molar-refractivity contribution >= 4 is 23.7 Å². The zero-order chi connectivity index (χ0) is 22.5. The summed E-state index contributed by atoms with van der Waals surface area (Å²) in [5, 5.41) is 0. The first kappa shape index (κ1) is 21.7. The molecular weight excluding hydrogens is 412 g/mol. The van der Waals surface area contributed by atoms with Gasteiger partial charge in [-0.05, 0) is 17.7 Å². The first-order valence-corrected chi connectivity index (χ1v) is 10.6. The number of esters is 1. The molecule has 0 spiro atoms. The van der Waals surface area contributed by atoms with Crippen LogP contribution >= 0.6 is 0 Å². The van der Waals surface area contributed by atoms with E-state index < -0.39 is 12.1 Å². The number of carbonyl (C=O) groups is 4. The number of ether oxygens (including phenoxy) is 2. The van der Waals surface area contributed by atoms with Crippen LogP contribution in [0.5, 0.6) is 0 Å². The number of carbonyl (C=O) groups excluding carboxylic acids is 4. The van der Waals surface area contributed by atoms with Crippen molar-refractivity contribution in [2.75, 3.05) is 26.3 Å². The highest BCUT2D eigenvalue weighted by atomic mass is 16.5. The lowest BCUT2D eigenvalue weighted by molar-refractivity contribution is -0.145. The summed E-state index contributed by atoms with van der Waals surface area (Å²) in [6.45, 7) is 1.97. The Kier molecular flexibility index (Phi) is 6.61. The van der Waals surface area contributed by atoms with Gasteiger partial charge in [0.1, 0.15) is 0 Å². The van der Waals surface area contributed by atoms with Gasteiger partial charge >= 0.3 is 5.97 Å². The molecule has 8 nitrogen and oxygen atoms in total. The Morgan fingerprint density at radius 1 is 0.906 bits per heavy atom. The number of nitrogens with zero attached hydrogens (tertiary/aromatic N) is 2. The van der Waals surface area contributed by atoms with Crippen molar-refractivity contribution in [3.05, 3.63) is 71.3 Å². The largest absolute Gasteiger partial charge is 0.444 e. The maximum atomic E-state index is 13.1. The first-order chi connectivity index (χ1) is 15.5. The number of hydrogen-bond donors (Lipinski definition) is 0. The summed E-state index contributed by atoms with van der Waals surface area (Å²) in [6.07, 6.45) is -0.580. The van der Waals surface area contributed by atoms with E-state index in [0.717, 1.165) is 5.56 Å². The van der Waals surface area contributed by atoms with Crippen LogP contribution in [0.3, 0.4) is 0 Å². The third-order valence-corrected chi connectivity index (χ3v) is 5.56. The van der Waals surface area contributed by atoms with E-state index in [-0.39, 0.29) is 42.7 Å². The van der Waals surface area contributed by atoms with Crippen molar-refractivity contribution in [2.24, 2.45) is 0 Å². The number of likely N-dealkylation sites (tertiary alicyclic amines) is 1. The van der Waals surface area contributed by atoms with Gasteiger partial charge in [0.05, 0.1) is 25.3 Å². The Morgan fingerprint density at radius 2 is 1.53 bits per heavy atom. The number of amides is 3. The molecule has 2 saturated heterocycles. The van der Waals surface area contributed by atoms with Crippen LogP contribution < -0.4 is 0 Å². The van der Waals surface area contributed by atoms with Crippen LogP contribution in [-0.2, 0) is 30.4 Å². The Labute approximate surface area is 185 Å². The minimum Gasteiger partial charge on any atom is -0.444 e. The van der Waals surface area contributed by atoms with E-state index in [1.165, 1.54) is 4.90 Å². The molecule has 2 aromatic rings. The van der Waals surface area contributed by atoms with Gasteiger partial charge in [-0.25, -0.2) is 4.79 Å². The molecule has 2 aliphatic heterocycles. The Morgan fingerprint density at radius 3 is 2.16 bits per heavy atom. The summed E-state index contributed by atoms with van der Waals surface area (Å²) < 4.78 is 11.0. The van der Waals surface area contributed by atoms with Crippen molar-refractivity contribution in [1.29, 1.82) is 0 Å². The molecule has 0 N–H and O–H groups in total. The lowest BCUT2D eigenvalue weighted by atomic mass is 10.1. The fourth-order valence-electron chi connectivity index (χ4n) is 3.74. The van der Waals surface area contributed by atoms with Crippen molar-refractivity contribution in [1.82, 2.24) is 9.80 Å². The average molecular weight is 436 g/mol. The van der Waals surface area contributed by atoms with E-state index in [9.17, 15) is 19.2 Å². The summed E-state index contributed by atoms with van der Waals surface area (Å²) in [4.78, 5) is 52.4. The second-order valence-electron chi connectivity index (χ2n) is 7.70. The molecule has 0 saturated carbocycles.